The fourth-order valence-corrected chi connectivity index (χ4v) is 1.04. The Morgan fingerprint density at radius 3 is 2.00 bits per heavy atom. The first kappa shape index (κ1) is 13.0. The van der Waals surface area contributed by atoms with Crippen molar-refractivity contribution in [2.45, 2.75) is 0 Å². The molecule has 0 saturated carbocycles. The summed E-state index contributed by atoms with van der Waals surface area (Å²) >= 11 is 0. The Morgan fingerprint density at radius 1 is 1.15 bits per heavy atom. The van der Waals surface area contributed by atoms with E-state index in [4.69, 9.17) is 14.9 Å². The second-order valence-corrected chi connectivity index (χ2v) is 3.24. The summed E-state index contributed by atoms with van der Waals surface area (Å²) in [7, 11) is -4.48. The molecule has 0 atom stereocenters. The van der Waals surface area contributed by atoms with Gasteiger partial charge >= 0.3 is 37.4 Å². The number of aromatic hydroxyl groups is 1. The summed E-state index contributed by atoms with van der Waals surface area (Å²) in [4.78, 5) is 16.7. The molecule has 0 aliphatic carbocycles. The first-order valence-electron chi connectivity index (χ1n) is 3.01. The van der Waals surface area contributed by atoms with Gasteiger partial charge in [-0.25, -0.2) is 4.57 Å². The topological polar surface area (TPSA) is 87.0 Å². The molecule has 0 fully saturated rings. The van der Waals surface area contributed by atoms with Gasteiger partial charge in [-0.2, -0.15) is 0 Å². The van der Waals surface area contributed by atoms with Crippen molar-refractivity contribution in [1.82, 2.24) is 0 Å². The van der Waals surface area contributed by atoms with Gasteiger partial charge in [0, 0.05) is 0 Å². The van der Waals surface area contributed by atoms with E-state index in [1.165, 1.54) is 24.3 Å². The first-order valence-corrected chi connectivity index (χ1v) is 4.54. The number of phosphoric acid groups is 1. The predicted octanol–water partition coefficient (Wildman–Crippen LogP) is 0.215. The van der Waals surface area contributed by atoms with E-state index in [1.807, 2.05) is 0 Å². The van der Waals surface area contributed by atoms with Gasteiger partial charge in [-0.1, -0.05) is 0 Å². The summed E-state index contributed by atoms with van der Waals surface area (Å²) in [6.07, 6.45) is 0. The number of hydrogen-bond acceptors (Lipinski definition) is 3. The summed E-state index contributed by atoms with van der Waals surface area (Å²) in [5.41, 5.74) is 0. The number of rotatable bonds is 2. The van der Waals surface area contributed by atoms with Crippen LogP contribution in [-0.4, -0.2) is 44.5 Å². The molecule has 1 rings (SSSR count). The second kappa shape index (κ2) is 5.00. The molecule has 3 N–H and O–H groups in total. The van der Waals surface area contributed by atoms with Crippen LogP contribution in [0.25, 0.3) is 0 Å². The van der Waals surface area contributed by atoms with Crippen LogP contribution >= 0.6 is 7.82 Å². The molecule has 1 aromatic rings. The van der Waals surface area contributed by atoms with Gasteiger partial charge in [0.2, 0.25) is 0 Å². The Kier molecular flexibility index (Phi) is 4.99. The van der Waals surface area contributed by atoms with Gasteiger partial charge in [-0.3, -0.25) is 9.79 Å². The van der Waals surface area contributed by atoms with Crippen molar-refractivity contribution in [1.29, 1.82) is 0 Å². The van der Waals surface area contributed by atoms with Crippen molar-refractivity contribution in [3.05, 3.63) is 24.3 Å². The molecule has 5 nitrogen and oxygen atoms in total. The third-order valence-corrected chi connectivity index (χ3v) is 1.51. The molecule has 0 heterocycles. The maximum absolute atomic E-state index is 10.3. The first-order chi connectivity index (χ1) is 5.47. The molecule has 1 aromatic carbocycles. The molecule has 0 radical (unpaired) electrons. The second-order valence-electron chi connectivity index (χ2n) is 2.08. The molecule has 0 unspecified atom stereocenters. The van der Waals surface area contributed by atoms with Crippen LogP contribution in [-0.2, 0) is 4.57 Å². The summed E-state index contributed by atoms with van der Waals surface area (Å²) in [5, 5.41) is 8.81. The van der Waals surface area contributed by atoms with E-state index in [-0.39, 0.29) is 41.1 Å². The number of benzene rings is 1. The quantitative estimate of drug-likeness (QED) is 0.484. The van der Waals surface area contributed by atoms with E-state index in [9.17, 15) is 4.57 Å². The van der Waals surface area contributed by atoms with E-state index >= 15 is 0 Å². The van der Waals surface area contributed by atoms with Crippen LogP contribution in [0, 0.1) is 0 Å². The zero-order valence-corrected chi connectivity index (χ0v) is 6.81. The Morgan fingerprint density at radius 2 is 1.62 bits per heavy atom. The average molecular weight is 214 g/mol. The number of phosphoric ester groups is 1. The van der Waals surface area contributed by atoms with Gasteiger partial charge in [0.15, 0.2) is 0 Å². The third kappa shape index (κ3) is 5.31. The molecule has 0 aromatic heterocycles. The molecule has 0 bridgehead atoms. The van der Waals surface area contributed by atoms with Crippen LogP contribution in [0.15, 0.2) is 24.3 Å². The van der Waals surface area contributed by atoms with Gasteiger partial charge in [0.25, 0.3) is 0 Å². The summed E-state index contributed by atoms with van der Waals surface area (Å²) in [6, 6.07) is 5.05. The fraction of sp³-hybridized carbons (Fsp3) is 0. The molecule has 0 spiro atoms. The molecule has 0 aliphatic heterocycles. The molecule has 0 aliphatic rings. The molecule has 13 heavy (non-hydrogen) atoms. The molecular formula is C6H8NaO5P. The molecule has 0 saturated heterocycles. The van der Waals surface area contributed by atoms with E-state index < -0.39 is 7.82 Å². The Labute approximate surface area is 96.9 Å². The van der Waals surface area contributed by atoms with E-state index in [0.29, 0.717) is 0 Å². The van der Waals surface area contributed by atoms with Crippen molar-refractivity contribution in [2.24, 2.45) is 0 Å². The standard InChI is InChI=1S/C6H7O5P.Na.H/c7-5-1-3-6(4-2-5)11-12(8,9)10;;/h1-4,7H,(H2,8,9,10);;. The molecule has 0 amide bonds. The van der Waals surface area contributed by atoms with Crippen LogP contribution < -0.4 is 4.52 Å². The van der Waals surface area contributed by atoms with Crippen LogP contribution in [0.3, 0.4) is 0 Å². The summed E-state index contributed by atoms with van der Waals surface area (Å²) < 4.78 is 14.5. The van der Waals surface area contributed by atoms with Crippen LogP contribution in [0.1, 0.15) is 0 Å². The Hall–Kier alpha value is -0.0300. The van der Waals surface area contributed by atoms with Crippen molar-refractivity contribution >= 4 is 37.4 Å². The molecule has 7 heteroatoms. The molecule has 68 valence electrons. The minimum absolute atomic E-state index is 0. The van der Waals surface area contributed by atoms with Gasteiger partial charge < -0.3 is 9.63 Å². The van der Waals surface area contributed by atoms with Crippen molar-refractivity contribution in [3.63, 3.8) is 0 Å². The van der Waals surface area contributed by atoms with E-state index in [1.54, 1.807) is 0 Å². The zero-order valence-electron chi connectivity index (χ0n) is 5.91. The van der Waals surface area contributed by atoms with Crippen molar-refractivity contribution in [3.8, 4) is 11.5 Å². The van der Waals surface area contributed by atoms with E-state index in [0.717, 1.165) is 0 Å². The number of phenols is 1. The number of hydrogen-bond donors (Lipinski definition) is 3. The van der Waals surface area contributed by atoms with Gasteiger partial charge in [-0.05, 0) is 24.3 Å². The van der Waals surface area contributed by atoms with Gasteiger partial charge in [0.1, 0.15) is 11.5 Å². The van der Waals surface area contributed by atoms with Crippen LogP contribution in [0.4, 0.5) is 0 Å². The maximum atomic E-state index is 10.3. The minimum atomic E-state index is -4.48. The summed E-state index contributed by atoms with van der Waals surface area (Å²) in [5.74, 6) is 0.0224. The van der Waals surface area contributed by atoms with E-state index in [2.05, 4.69) is 4.52 Å². The SMILES string of the molecule is O=P(O)(O)Oc1ccc(O)cc1.[NaH]. The van der Waals surface area contributed by atoms with Crippen molar-refractivity contribution < 1.29 is 24.0 Å². The van der Waals surface area contributed by atoms with Crippen molar-refractivity contribution in [2.75, 3.05) is 0 Å². The van der Waals surface area contributed by atoms with Crippen LogP contribution in [0.2, 0.25) is 0 Å². The van der Waals surface area contributed by atoms with Gasteiger partial charge in [0.05, 0.1) is 0 Å². The van der Waals surface area contributed by atoms with Gasteiger partial charge in [-0.15, -0.1) is 0 Å². The Bertz CT molecular complexity index is 305. The predicted molar refractivity (Wildman–Crippen MR) is 47.9 cm³/mol. The average Bonchev–Trinajstić information content (AvgIpc) is 1.91. The zero-order chi connectivity index (χ0) is 9.19. The van der Waals surface area contributed by atoms with Crippen LogP contribution in [0.5, 0.6) is 11.5 Å². The number of phenolic OH excluding ortho intramolecular Hbond substituents is 1. The Balaban J connectivity index is 0.00000144. The normalized spacial score (nSPS) is 10.3. The monoisotopic (exact) mass is 214 g/mol. The summed E-state index contributed by atoms with van der Waals surface area (Å²) in [6.45, 7) is 0. The molecular weight excluding hydrogens is 206 g/mol. The fourth-order valence-electron chi connectivity index (χ4n) is 0.644. The third-order valence-electron chi connectivity index (χ3n) is 1.06.